The van der Waals surface area contributed by atoms with Crippen molar-refractivity contribution in [3.05, 3.63) is 30.1 Å². The van der Waals surface area contributed by atoms with Crippen molar-refractivity contribution in [3.63, 3.8) is 0 Å². The summed E-state index contributed by atoms with van der Waals surface area (Å²) in [6, 6.07) is 7.10. The van der Waals surface area contributed by atoms with E-state index < -0.39 is 0 Å². The standard InChI is InChI=1S/C10H12FO.BrH.Zn/c1-10(2,3)12-9-7-5-4-6-8(9)11;;/h5-7H,1-3H3;1H;/q-1;;+2/p-1. The predicted octanol–water partition coefficient (Wildman–Crippen LogP) is 3.65. The minimum absolute atomic E-state index is 0.279. The molecule has 0 bridgehead atoms. The number of rotatable bonds is 1. The first kappa shape index (κ1) is 14.1. The van der Waals surface area contributed by atoms with Crippen LogP contribution < -0.4 is 4.74 Å². The van der Waals surface area contributed by atoms with E-state index in [1.807, 2.05) is 20.8 Å². The van der Waals surface area contributed by atoms with Gasteiger partial charge in [-0.05, 0) is 20.8 Å². The van der Waals surface area contributed by atoms with Gasteiger partial charge in [0.25, 0.3) is 0 Å². The number of hydrogen-bond donors (Lipinski definition) is 0. The molecule has 0 atom stereocenters. The second kappa shape index (κ2) is 6.52. The molecular weight excluding hydrogens is 300 g/mol. The van der Waals surface area contributed by atoms with E-state index in [4.69, 9.17) is 4.74 Å². The van der Waals surface area contributed by atoms with Crippen LogP contribution >= 0.6 is 13.6 Å². The van der Waals surface area contributed by atoms with Crippen molar-refractivity contribution in [1.29, 1.82) is 0 Å². The van der Waals surface area contributed by atoms with Gasteiger partial charge in [0.05, 0.1) is 5.60 Å². The van der Waals surface area contributed by atoms with E-state index >= 15 is 0 Å². The van der Waals surface area contributed by atoms with Gasteiger partial charge in [-0.2, -0.15) is 12.1 Å². The normalized spacial score (nSPS) is 10.2. The molecule has 0 saturated heterocycles. The number of benzene rings is 1. The van der Waals surface area contributed by atoms with Gasteiger partial charge < -0.3 is 4.74 Å². The van der Waals surface area contributed by atoms with Crippen LogP contribution in [0.1, 0.15) is 20.8 Å². The van der Waals surface area contributed by atoms with Crippen LogP contribution in [0.25, 0.3) is 0 Å². The van der Waals surface area contributed by atoms with Gasteiger partial charge in [0.15, 0.2) is 0 Å². The van der Waals surface area contributed by atoms with E-state index in [-0.39, 0.29) is 17.2 Å². The maximum absolute atomic E-state index is 13.0. The molecule has 0 aliphatic rings. The van der Waals surface area contributed by atoms with Gasteiger partial charge >= 0.3 is 30.0 Å². The van der Waals surface area contributed by atoms with E-state index in [9.17, 15) is 4.39 Å². The Morgan fingerprint density at radius 1 is 1.43 bits per heavy atom. The van der Waals surface area contributed by atoms with Crippen molar-refractivity contribution in [2.45, 2.75) is 26.4 Å². The molecule has 0 fully saturated rings. The monoisotopic (exact) mass is 310 g/mol. The van der Waals surface area contributed by atoms with Crippen molar-refractivity contribution in [2.75, 3.05) is 0 Å². The first-order valence-electron chi connectivity index (χ1n) is 4.10. The third-order valence-corrected chi connectivity index (χ3v) is 1.19. The summed E-state index contributed by atoms with van der Waals surface area (Å²) >= 11 is 4.25. The first-order chi connectivity index (χ1) is 6.49. The Balaban J connectivity index is 0.000000791. The fourth-order valence-corrected chi connectivity index (χ4v) is 0.808. The number of hydrogen-bond acceptors (Lipinski definition) is 1. The fourth-order valence-electron chi connectivity index (χ4n) is 0.808. The summed E-state index contributed by atoms with van der Waals surface area (Å²) in [5, 5.41) is 0. The van der Waals surface area contributed by atoms with Gasteiger partial charge in [-0.1, -0.05) is 0 Å². The third kappa shape index (κ3) is 5.71. The molecule has 0 radical (unpaired) electrons. The molecule has 0 aromatic heterocycles. The summed E-state index contributed by atoms with van der Waals surface area (Å²) in [6.07, 6.45) is 0. The molecule has 4 heteroatoms. The zero-order valence-electron chi connectivity index (χ0n) is 8.60. The molecule has 1 aromatic rings. The predicted molar refractivity (Wildman–Crippen MR) is 54.5 cm³/mol. The Hall–Kier alpha value is 0.0534. The Morgan fingerprint density at radius 3 is 2.43 bits per heavy atom. The van der Waals surface area contributed by atoms with E-state index in [1.165, 1.54) is 22.4 Å². The Kier molecular flexibility index (Phi) is 6.55. The zero-order chi connectivity index (χ0) is 11.2. The molecular formula is C10H12BrFOZn. The summed E-state index contributed by atoms with van der Waals surface area (Å²) in [7, 11) is 0. The van der Waals surface area contributed by atoms with Crippen LogP contribution in [0.5, 0.6) is 5.75 Å². The first-order valence-corrected chi connectivity index (χ1v) is 11.1. The van der Waals surface area contributed by atoms with Gasteiger partial charge in [-0.15, -0.1) is 12.1 Å². The van der Waals surface area contributed by atoms with Gasteiger partial charge in [0.1, 0.15) is 0 Å². The summed E-state index contributed by atoms with van der Waals surface area (Å²) in [5.41, 5.74) is -0.359. The van der Waals surface area contributed by atoms with E-state index in [0.717, 1.165) is 0 Å². The van der Waals surface area contributed by atoms with Crippen LogP contribution in [-0.2, 0) is 16.3 Å². The molecule has 1 aromatic carbocycles. The molecule has 1 nitrogen and oxygen atoms in total. The molecule has 0 saturated carbocycles. The fraction of sp³-hybridized carbons (Fsp3) is 0.400. The van der Waals surface area contributed by atoms with Crippen molar-refractivity contribution in [2.24, 2.45) is 0 Å². The van der Waals surface area contributed by atoms with Gasteiger partial charge in [-0.3, -0.25) is 4.39 Å². The number of ether oxygens (including phenoxy) is 1. The molecule has 0 N–H and O–H groups in total. The molecule has 14 heavy (non-hydrogen) atoms. The zero-order valence-corrected chi connectivity index (χ0v) is 13.2. The topological polar surface area (TPSA) is 9.23 Å². The number of halogens is 2. The average Bonchev–Trinajstić information content (AvgIpc) is 2.10. The van der Waals surface area contributed by atoms with Crippen LogP contribution in [0.15, 0.2) is 18.2 Å². The molecule has 0 spiro atoms. The van der Waals surface area contributed by atoms with Crippen molar-refractivity contribution in [1.82, 2.24) is 0 Å². The Bertz CT molecular complexity index is 273. The van der Waals surface area contributed by atoms with Gasteiger partial charge in [0, 0.05) is 11.6 Å². The SMILES string of the molecule is CC(C)(C)Oc1cc[c-]cc1F.[Zn+][Br]. The quantitative estimate of drug-likeness (QED) is 0.568. The summed E-state index contributed by atoms with van der Waals surface area (Å²) in [6.45, 7) is 5.63. The molecule has 0 amide bonds. The van der Waals surface area contributed by atoms with E-state index in [0.29, 0.717) is 0 Å². The summed E-state index contributed by atoms with van der Waals surface area (Å²) < 4.78 is 18.3. The Labute approximate surface area is 101 Å². The molecule has 74 valence electrons. The van der Waals surface area contributed by atoms with Gasteiger partial charge in [0.2, 0.25) is 0 Å². The van der Waals surface area contributed by atoms with Crippen molar-refractivity contribution < 1.29 is 25.5 Å². The van der Waals surface area contributed by atoms with E-state index in [2.05, 4.69) is 19.7 Å². The average molecular weight is 312 g/mol. The molecule has 0 heterocycles. The van der Waals surface area contributed by atoms with Crippen LogP contribution in [0.3, 0.4) is 0 Å². The second-order valence-corrected chi connectivity index (χ2v) is 3.57. The van der Waals surface area contributed by atoms with Crippen LogP contribution in [0.4, 0.5) is 4.39 Å². The molecule has 0 aliphatic carbocycles. The molecule has 0 aliphatic heterocycles. The van der Waals surface area contributed by atoms with Crippen LogP contribution in [0.2, 0.25) is 0 Å². The van der Waals surface area contributed by atoms with Gasteiger partial charge in [-0.25, -0.2) is 0 Å². The minimum atomic E-state index is -0.368. The summed E-state index contributed by atoms with van der Waals surface area (Å²) in [5.74, 6) is -0.0892. The van der Waals surface area contributed by atoms with Crippen LogP contribution in [0, 0.1) is 11.9 Å². The Morgan fingerprint density at radius 2 is 2.00 bits per heavy atom. The molecule has 0 unspecified atom stereocenters. The molecule has 1 rings (SSSR count). The van der Waals surface area contributed by atoms with Crippen LogP contribution in [-0.4, -0.2) is 5.60 Å². The maximum atomic E-state index is 13.0. The van der Waals surface area contributed by atoms with Crippen molar-refractivity contribution in [3.8, 4) is 5.75 Å². The second-order valence-electron chi connectivity index (χ2n) is 3.57. The van der Waals surface area contributed by atoms with E-state index in [1.54, 1.807) is 12.1 Å². The third-order valence-electron chi connectivity index (χ3n) is 1.19. The summed E-state index contributed by atoms with van der Waals surface area (Å²) in [4.78, 5) is 0. The van der Waals surface area contributed by atoms with Crippen molar-refractivity contribution >= 4 is 13.6 Å².